The minimum atomic E-state index is 0.280. The molecule has 2 N–H and O–H groups in total. The Labute approximate surface area is 103 Å². The van der Waals surface area contributed by atoms with Crippen LogP contribution < -0.4 is 10.5 Å². The van der Waals surface area contributed by atoms with Crippen molar-refractivity contribution < 1.29 is 4.74 Å². The second-order valence-corrected chi connectivity index (χ2v) is 3.89. The van der Waals surface area contributed by atoms with Crippen LogP contribution in [0.2, 0.25) is 10.2 Å². The summed E-state index contributed by atoms with van der Waals surface area (Å²) in [5.41, 5.74) is 6.10. The number of nitrogens with two attached hydrogens (primary N) is 1. The Balaban J connectivity index is 2.30. The van der Waals surface area contributed by atoms with E-state index in [1.165, 1.54) is 0 Å². The molecule has 0 aliphatic rings. The molecule has 0 amide bonds. The number of pyridine rings is 1. The van der Waals surface area contributed by atoms with Crippen LogP contribution in [0, 0.1) is 0 Å². The molecule has 0 saturated heterocycles. The fourth-order valence-corrected chi connectivity index (χ4v) is 1.57. The highest BCUT2D eigenvalue weighted by atomic mass is 35.5. The van der Waals surface area contributed by atoms with E-state index in [0.717, 1.165) is 0 Å². The van der Waals surface area contributed by atoms with E-state index in [0.29, 0.717) is 22.3 Å². The van der Waals surface area contributed by atoms with Crippen LogP contribution in [0.4, 0.5) is 5.69 Å². The zero-order valence-corrected chi connectivity index (χ0v) is 9.66. The van der Waals surface area contributed by atoms with Gasteiger partial charge in [-0.15, -0.1) is 0 Å². The lowest BCUT2D eigenvalue weighted by Gasteiger charge is -2.07. The van der Waals surface area contributed by atoms with Crippen molar-refractivity contribution in [3.63, 3.8) is 0 Å². The van der Waals surface area contributed by atoms with E-state index < -0.39 is 0 Å². The van der Waals surface area contributed by atoms with E-state index in [2.05, 4.69) is 4.98 Å². The molecule has 0 fully saturated rings. The number of aromatic nitrogens is 1. The first-order valence-electron chi connectivity index (χ1n) is 4.50. The van der Waals surface area contributed by atoms with E-state index in [4.69, 9.17) is 33.7 Å². The summed E-state index contributed by atoms with van der Waals surface area (Å²) in [4.78, 5) is 3.97. The lowest BCUT2D eigenvalue weighted by molar-refractivity contribution is 0.463. The van der Waals surface area contributed by atoms with Gasteiger partial charge in [0.15, 0.2) is 0 Å². The first kappa shape index (κ1) is 11.0. The number of rotatable bonds is 2. The number of halogens is 2. The maximum Gasteiger partial charge on any atom is 0.222 e. The lowest BCUT2D eigenvalue weighted by Crippen LogP contribution is -1.92. The highest BCUT2D eigenvalue weighted by Crippen LogP contribution is 2.29. The number of ether oxygens (including phenoxy) is 1. The molecule has 1 aromatic heterocycles. The normalized spacial score (nSPS) is 10.1. The van der Waals surface area contributed by atoms with Crippen LogP contribution in [0.1, 0.15) is 0 Å². The summed E-state index contributed by atoms with van der Waals surface area (Å²) in [6, 6.07) is 10.2. The highest BCUT2D eigenvalue weighted by Gasteiger charge is 2.04. The molecule has 0 aliphatic carbocycles. The van der Waals surface area contributed by atoms with Gasteiger partial charge in [0.05, 0.1) is 5.02 Å². The molecule has 16 heavy (non-hydrogen) atoms. The first-order valence-corrected chi connectivity index (χ1v) is 5.26. The van der Waals surface area contributed by atoms with Crippen molar-refractivity contribution >= 4 is 28.9 Å². The lowest BCUT2D eigenvalue weighted by atomic mass is 10.3. The van der Waals surface area contributed by atoms with E-state index in [-0.39, 0.29) is 5.15 Å². The third kappa shape index (κ3) is 2.56. The molecule has 1 heterocycles. The molecule has 0 bridgehead atoms. The molecule has 3 nitrogen and oxygen atoms in total. The maximum atomic E-state index is 5.94. The van der Waals surface area contributed by atoms with Gasteiger partial charge in [0, 0.05) is 11.8 Å². The topological polar surface area (TPSA) is 48.1 Å². The molecule has 0 spiro atoms. The van der Waals surface area contributed by atoms with Crippen molar-refractivity contribution in [1.82, 2.24) is 4.98 Å². The van der Waals surface area contributed by atoms with Gasteiger partial charge in [-0.3, -0.25) is 0 Å². The molecule has 0 radical (unpaired) electrons. The minimum absolute atomic E-state index is 0.280. The summed E-state index contributed by atoms with van der Waals surface area (Å²) in [6.45, 7) is 0. The van der Waals surface area contributed by atoms with Crippen LogP contribution in [-0.2, 0) is 0 Å². The van der Waals surface area contributed by atoms with Crippen molar-refractivity contribution in [2.45, 2.75) is 0 Å². The highest BCUT2D eigenvalue weighted by molar-refractivity contribution is 6.32. The zero-order chi connectivity index (χ0) is 11.5. The molecule has 0 unspecified atom stereocenters. The Morgan fingerprint density at radius 2 is 1.88 bits per heavy atom. The molecule has 5 heteroatoms. The second-order valence-electron chi connectivity index (χ2n) is 3.09. The second kappa shape index (κ2) is 4.60. The number of hydrogen-bond acceptors (Lipinski definition) is 3. The molecule has 0 saturated carbocycles. The molecule has 1 aromatic carbocycles. The Morgan fingerprint density at radius 3 is 2.56 bits per heavy atom. The van der Waals surface area contributed by atoms with Gasteiger partial charge in [0.2, 0.25) is 5.88 Å². The van der Waals surface area contributed by atoms with Gasteiger partial charge in [-0.1, -0.05) is 35.3 Å². The van der Waals surface area contributed by atoms with Crippen LogP contribution in [0.5, 0.6) is 11.6 Å². The van der Waals surface area contributed by atoms with Crippen molar-refractivity contribution in [2.24, 2.45) is 0 Å². The fraction of sp³-hybridized carbons (Fsp3) is 0. The Morgan fingerprint density at radius 1 is 1.12 bits per heavy atom. The maximum absolute atomic E-state index is 5.94. The Kier molecular flexibility index (Phi) is 3.17. The summed E-state index contributed by atoms with van der Waals surface area (Å²) in [5.74, 6) is 0.830. The van der Waals surface area contributed by atoms with Crippen molar-refractivity contribution in [1.29, 1.82) is 0 Å². The number of hydrogen-bond donors (Lipinski definition) is 1. The standard InChI is InChI=1S/C11H8Cl2N2O/c12-8-3-1-2-4-9(8)16-11-6-7(14)5-10(13)15-11/h1-6H,(H2,14,15). The third-order valence-electron chi connectivity index (χ3n) is 1.84. The van der Waals surface area contributed by atoms with Crippen LogP contribution in [0.3, 0.4) is 0 Å². The zero-order valence-electron chi connectivity index (χ0n) is 8.15. The monoisotopic (exact) mass is 254 g/mol. The van der Waals surface area contributed by atoms with Crippen molar-refractivity contribution in [3.8, 4) is 11.6 Å². The molecule has 0 atom stereocenters. The molecule has 0 aliphatic heterocycles. The van der Waals surface area contributed by atoms with Gasteiger partial charge >= 0.3 is 0 Å². The SMILES string of the molecule is Nc1cc(Cl)nc(Oc2ccccc2Cl)c1. The number of nitrogen functional groups attached to an aromatic ring is 1. The third-order valence-corrected chi connectivity index (χ3v) is 2.35. The summed E-state index contributed by atoms with van der Waals surface area (Å²) in [6.07, 6.45) is 0. The largest absolute Gasteiger partial charge is 0.437 e. The average Bonchev–Trinajstić information content (AvgIpc) is 2.20. The van der Waals surface area contributed by atoms with E-state index >= 15 is 0 Å². The first-order chi connectivity index (χ1) is 7.65. The molecular weight excluding hydrogens is 247 g/mol. The van der Waals surface area contributed by atoms with Gasteiger partial charge in [-0.2, -0.15) is 0 Å². The Bertz CT molecular complexity index is 497. The molecule has 2 rings (SSSR count). The van der Waals surface area contributed by atoms with Crippen LogP contribution in [0.15, 0.2) is 36.4 Å². The summed E-state index contributed by atoms with van der Waals surface area (Å²) >= 11 is 11.7. The van der Waals surface area contributed by atoms with Crippen LogP contribution in [-0.4, -0.2) is 4.98 Å². The Hall–Kier alpha value is -1.45. The summed E-state index contributed by atoms with van der Waals surface area (Å²) in [7, 11) is 0. The van der Waals surface area contributed by atoms with Gasteiger partial charge in [0.1, 0.15) is 10.9 Å². The van der Waals surface area contributed by atoms with Gasteiger partial charge < -0.3 is 10.5 Å². The predicted molar refractivity (Wildman–Crippen MR) is 65.2 cm³/mol. The summed E-state index contributed by atoms with van der Waals surface area (Å²) < 4.78 is 5.46. The number of nitrogens with zero attached hydrogens (tertiary/aromatic N) is 1. The smallest absolute Gasteiger partial charge is 0.222 e. The minimum Gasteiger partial charge on any atom is -0.437 e. The van der Waals surface area contributed by atoms with Gasteiger partial charge in [-0.05, 0) is 18.2 Å². The average molecular weight is 255 g/mol. The van der Waals surface area contributed by atoms with Crippen molar-refractivity contribution in [3.05, 3.63) is 46.6 Å². The fourth-order valence-electron chi connectivity index (χ4n) is 1.18. The van der Waals surface area contributed by atoms with E-state index in [9.17, 15) is 0 Å². The van der Waals surface area contributed by atoms with Gasteiger partial charge in [-0.25, -0.2) is 4.98 Å². The van der Waals surface area contributed by atoms with Crippen molar-refractivity contribution in [2.75, 3.05) is 5.73 Å². The van der Waals surface area contributed by atoms with Gasteiger partial charge in [0.25, 0.3) is 0 Å². The van der Waals surface area contributed by atoms with Crippen LogP contribution >= 0.6 is 23.2 Å². The molecular formula is C11H8Cl2N2O. The number of benzene rings is 1. The molecule has 2 aromatic rings. The molecule has 82 valence electrons. The quantitative estimate of drug-likeness (QED) is 0.831. The number of para-hydroxylation sites is 1. The number of anilines is 1. The predicted octanol–water partition coefficient (Wildman–Crippen LogP) is 3.76. The summed E-state index contributed by atoms with van der Waals surface area (Å²) in [5, 5.41) is 0.782. The van der Waals surface area contributed by atoms with Crippen LogP contribution in [0.25, 0.3) is 0 Å². The van der Waals surface area contributed by atoms with E-state index in [1.54, 1.807) is 24.3 Å². The van der Waals surface area contributed by atoms with E-state index in [1.807, 2.05) is 12.1 Å².